The molecule has 30 heavy (non-hydrogen) atoms. The van der Waals surface area contributed by atoms with Crippen molar-refractivity contribution in [3.8, 4) is 5.75 Å². The average Bonchev–Trinajstić information content (AvgIpc) is 3.09. The number of carbonyl (C=O) groups is 1. The Hall–Kier alpha value is -3.57. The highest BCUT2D eigenvalue weighted by atomic mass is 32.2. The number of nitrogens with zero attached hydrogens (tertiary/aromatic N) is 2. The van der Waals surface area contributed by atoms with Crippen LogP contribution in [0.25, 0.3) is 6.08 Å². The third kappa shape index (κ3) is 4.53. The minimum atomic E-state index is -0.0899. The maximum Gasteiger partial charge on any atom is 0.271 e. The molecule has 5 heteroatoms. The van der Waals surface area contributed by atoms with Crippen molar-refractivity contribution in [2.24, 2.45) is 4.99 Å². The summed E-state index contributed by atoms with van der Waals surface area (Å²) in [6.45, 7) is 4.11. The lowest BCUT2D eigenvalue weighted by molar-refractivity contribution is -0.113. The minimum absolute atomic E-state index is 0.0899. The van der Waals surface area contributed by atoms with Crippen LogP contribution in [-0.4, -0.2) is 17.7 Å². The molecule has 0 aromatic heterocycles. The second kappa shape index (κ2) is 9.29. The quantitative estimate of drug-likeness (QED) is 0.365. The first-order valence-electron chi connectivity index (χ1n) is 9.51. The van der Waals surface area contributed by atoms with Gasteiger partial charge in [-0.2, -0.15) is 0 Å². The van der Waals surface area contributed by atoms with Gasteiger partial charge in [0.25, 0.3) is 5.91 Å². The summed E-state index contributed by atoms with van der Waals surface area (Å²) in [6, 6.07) is 26.8. The van der Waals surface area contributed by atoms with Crippen molar-refractivity contribution >= 4 is 40.3 Å². The Morgan fingerprint density at radius 1 is 0.933 bits per heavy atom. The molecule has 148 valence electrons. The number of ether oxygens (including phenoxy) is 1. The molecule has 1 saturated heterocycles. The van der Waals surface area contributed by atoms with Crippen molar-refractivity contribution in [3.63, 3.8) is 0 Å². The molecule has 0 unspecified atom stereocenters. The molecule has 3 aromatic carbocycles. The molecule has 0 atom stereocenters. The van der Waals surface area contributed by atoms with Gasteiger partial charge in [0.2, 0.25) is 0 Å². The van der Waals surface area contributed by atoms with E-state index in [0.29, 0.717) is 16.7 Å². The maximum absolute atomic E-state index is 13.2. The van der Waals surface area contributed by atoms with E-state index in [9.17, 15) is 4.79 Å². The van der Waals surface area contributed by atoms with E-state index in [0.717, 1.165) is 22.7 Å². The number of hydrogen-bond donors (Lipinski definition) is 0. The van der Waals surface area contributed by atoms with Crippen LogP contribution in [0.5, 0.6) is 5.75 Å². The summed E-state index contributed by atoms with van der Waals surface area (Å²) in [6.07, 6.45) is 3.59. The van der Waals surface area contributed by atoms with E-state index in [1.165, 1.54) is 11.8 Å². The number of amides is 1. The van der Waals surface area contributed by atoms with Crippen LogP contribution >= 0.6 is 11.8 Å². The third-order valence-electron chi connectivity index (χ3n) is 4.35. The number of benzene rings is 3. The molecular formula is C25H20N2O2S. The van der Waals surface area contributed by atoms with Crippen LogP contribution in [0.1, 0.15) is 5.56 Å². The van der Waals surface area contributed by atoms with Gasteiger partial charge in [-0.05, 0) is 59.8 Å². The number of thioether (sulfide) groups is 1. The molecule has 0 aliphatic carbocycles. The molecular weight excluding hydrogens is 392 g/mol. The molecule has 4 rings (SSSR count). The molecule has 1 amide bonds. The van der Waals surface area contributed by atoms with Crippen LogP contribution in [-0.2, 0) is 4.79 Å². The zero-order chi connectivity index (χ0) is 20.8. The van der Waals surface area contributed by atoms with Gasteiger partial charge in [-0.3, -0.25) is 9.69 Å². The predicted molar refractivity (Wildman–Crippen MR) is 125 cm³/mol. The predicted octanol–water partition coefficient (Wildman–Crippen LogP) is 6.06. The van der Waals surface area contributed by atoms with Crippen molar-refractivity contribution in [1.29, 1.82) is 0 Å². The van der Waals surface area contributed by atoms with Crippen LogP contribution in [0.2, 0.25) is 0 Å². The van der Waals surface area contributed by atoms with Crippen LogP contribution in [0.3, 0.4) is 0 Å². The first-order valence-corrected chi connectivity index (χ1v) is 10.3. The molecule has 0 spiro atoms. The Kier molecular flexibility index (Phi) is 6.11. The van der Waals surface area contributed by atoms with Gasteiger partial charge in [0.05, 0.1) is 16.3 Å². The molecule has 0 radical (unpaired) electrons. The zero-order valence-electron chi connectivity index (χ0n) is 16.3. The smallest absolute Gasteiger partial charge is 0.271 e. The summed E-state index contributed by atoms with van der Waals surface area (Å²) in [7, 11) is 0. The molecule has 1 aliphatic heterocycles. The van der Waals surface area contributed by atoms with Crippen LogP contribution in [0.15, 0.2) is 107 Å². The van der Waals surface area contributed by atoms with E-state index < -0.39 is 0 Å². The first-order chi connectivity index (χ1) is 14.7. The number of amidine groups is 1. The molecule has 0 bridgehead atoms. The number of rotatable bonds is 6. The highest BCUT2D eigenvalue weighted by molar-refractivity contribution is 8.19. The average molecular weight is 413 g/mol. The van der Waals surface area contributed by atoms with Gasteiger partial charge in [-0.15, -0.1) is 0 Å². The van der Waals surface area contributed by atoms with Crippen LogP contribution in [0.4, 0.5) is 11.4 Å². The Bertz CT molecular complexity index is 1090. The van der Waals surface area contributed by atoms with Crippen LogP contribution in [0, 0.1) is 0 Å². The minimum Gasteiger partial charge on any atom is -0.490 e. The Balaban J connectivity index is 1.66. The van der Waals surface area contributed by atoms with Gasteiger partial charge in [-0.25, -0.2) is 4.99 Å². The normalized spacial score (nSPS) is 16.3. The standard InChI is InChI=1S/C25H20N2O2S/c1-2-17-29-22-15-13-19(14-16-22)18-23-24(28)27(21-11-7-4-8-12-21)25(30-23)26-20-9-5-3-6-10-20/h2-16,18H,1,17H2. The van der Waals surface area contributed by atoms with Gasteiger partial charge >= 0.3 is 0 Å². The van der Waals surface area contributed by atoms with Crippen molar-refractivity contribution in [2.75, 3.05) is 11.5 Å². The van der Waals surface area contributed by atoms with Gasteiger partial charge < -0.3 is 4.74 Å². The summed E-state index contributed by atoms with van der Waals surface area (Å²) in [5.41, 5.74) is 2.52. The molecule has 1 fully saturated rings. The van der Waals surface area contributed by atoms with E-state index in [1.54, 1.807) is 11.0 Å². The maximum atomic E-state index is 13.2. The van der Waals surface area contributed by atoms with Crippen molar-refractivity contribution < 1.29 is 9.53 Å². The van der Waals surface area contributed by atoms with Gasteiger partial charge in [0.15, 0.2) is 5.17 Å². The van der Waals surface area contributed by atoms with Crippen molar-refractivity contribution in [2.45, 2.75) is 0 Å². The summed E-state index contributed by atoms with van der Waals surface area (Å²) >= 11 is 1.37. The van der Waals surface area contributed by atoms with Crippen LogP contribution < -0.4 is 9.64 Å². The topological polar surface area (TPSA) is 41.9 Å². The fourth-order valence-corrected chi connectivity index (χ4v) is 3.93. The highest BCUT2D eigenvalue weighted by Gasteiger charge is 2.34. The Labute approximate surface area is 180 Å². The van der Waals surface area contributed by atoms with E-state index in [4.69, 9.17) is 9.73 Å². The van der Waals surface area contributed by atoms with Gasteiger partial charge in [-0.1, -0.05) is 61.2 Å². The van der Waals surface area contributed by atoms with Gasteiger partial charge in [0.1, 0.15) is 12.4 Å². The zero-order valence-corrected chi connectivity index (χ0v) is 17.1. The number of carbonyl (C=O) groups excluding carboxylic acids is 1. The molecule has 3 aromatic rings. The summed E-state index contributed by atoms with van der Waals surface area (Å²) < 4.78 is 5.52. The Morgan fingerprint density at radius 3 is 2.27 bits per heavy atom. The summed E-state index contributed by atoms with van der Waals surface area (Å²) in [5, 5.41) is 0.634. The fourth-order valence-electron chi connectivity index (χ4n) is 2.93. The molecule has 0 saturated carbocycles. The molecule has 1 heterocycles. The monoisotopic (exact) mass is 412 g/mol. The largest absolute Gasteiger partial charge is 0.490 e. The molecule has 0 N–H and O–H groups in total. The lowest BCUT2D eigenvalue weighted by Gasteiger charge is -2.15. The van der Waals surface area contributed by atoms with E-state index in [1.807, 2.05) is 91.0 Å². The lowest BCUT2D eigenvalue weighted by Crippen LogP contribution is -2.28. The highest BCUT2D eigenvalue weighted by Crippen LogP contribution is 2.37. The number of anilines is 1. The number of para-hydroxylation sites is 2. The van der Waals surface area contributed by atoms with Crippen molar-refractivity contribution in [3.05, 3.63) is 108 Å². The van der Waals surface area contributed by atoms with E-state index in [2.05, 4.69) is 6.58 Å². The number of hydrogen-bond acceptors (Lipinski definition) is 4. The van der Waals surface area contributed by atoms with Gasteiger partial charge in [0, 0.05) is 0 Å². The SMILES string of the molecule is C=CCOc1ccc(C=C2SC(=Nc3ccccc3)N(c3ccccc3)C2=O)cc1. The number of aliphatic imine (C=N–C) groups is 1. The third-order valence-corrected chi connectivity index (χ3v) is 5.32. The Morgan fingerprint density at radius 2 is 1.60 bits per heavy atom. The molecule has 1 aliphatic rings. The van der Waals surface area contributed by atoms with E-state index in [-0.39, 0.29) is 5.91 Å². The fraction of sp³-hybridized carbons (Fsp3) is 0.0400. The van der Waals surface area contributed by atoms with E-state index >= 15 is 0 Å². The molecule has 4 nitrogen and oxygen atoms in total. The van der Waals surface area contributed by atoms with Crippen molar-refractivity contribution in [1.82, 2.24) is 0 Å². The lowest BCUT2D eigenvalue weighted by atomic mass is 10.2. The second-order valence-electron chi connectivity index (χ2n) is 6.49. The second-order valence-corrected chi connectivity index (χ2v) is 7.49. The summed E-state index contributed by atoms with van der Waals surface area (Å²) in [5.74, 6) is 0.674. The summed E-state index contributed by atoms with van der Waals surface area (Å²) in [4.78, 5) is 20.2. The first kappa shape index (κ1) is 19.7.